The van der Waals surface area contributed by atoms with Crippen LogP contribution in [0.25, 0.3) is 0 Å². The van der Waals surface area contributed by atoms with Crippen molar-refractivity contribution in [1.82, 2.24) is 0 Å². The van der Waals surface area contributed by atoms with Gasteiger partial charge in [0, 0.05) is 32.1 Å². The fourth-order valence-corrected chi connectivity index (χ4v) is 6.96. The number of quaternary nitrogens is 2. The highest BCUT2D eigenvalue weighted by molar-refractivity contribution is 4.83. The molecule has 2 unspecified atom stereocenters. The summed E-state index contributed by atoms with van der Waals surface area (Å²) in [5, 5.41) is 0. The summed E-state index contributed by atoms with van der Waals surface area (Å²) in [4.78, 5) is 0. The summed E-state index contributed by atoms with van der Waals surface area (Å²) in [5.41, 5.74) is 0. The van der Waals surface area contributed by atoms with Crippen molar-refractivity contribution >= 4 is 0 Å². The van der Waals surface area contributed by atoms with E-state index in [4.69, 9.17) is 0 Å². The van der Waals surface area contributed by atoms with Crippen LogP contribution in [0.3, 0.4) is 0 Å². The second-order valence-electron chi connectivity index (χ2n) is 9.13. The molecule has 0 aromatic rings. The molecule has 0 aromatic heterocycles. The number of nitrogens with zero attached hydrogens (tertiary/aromatic N) is 2. The maximum Gasteiger partial charge on any atom is 0.0892 e. The smallest absolute Gasteiger partial charge is 0.0892 e. The molecule has 2 nitrogen and oxygen atoms in total. The van der Waals surface area contributed by atoms with Gasteiger partial charge in [0.1, 0.15) is 0 Å². The topological polar surface area (TPSA) is 0 Å². The Balaban J connectivity index is 1.37. The molecule has 4 heterocycles. The quantitative estimate of drug-likeness (QED) is 0.693. The molecule has 21 heavy (non-hydrogen) atoms. The van der Waals surface area contributed by atoms with Crippen molar-refractivity contribution in [3.8, 4) is 0 Å². The van der Waals surface area contributed by atoms with E-state index < -0.39 is 0 Å². The molecule has 0 spiro atoms. The van der Waals surface area contributed by atoms with Gasteiger partial charge in [-0.1, -0.05) is 0 Å². The molecule has 0 radical (unpaired) electrons. The van der Waals surface area contributed by atoms with E-state index in [0.717, 1.165) is 24.2 Å². The molecular formula is C19H36N2+2. The molecule has 6 atom stereocenters. The minimum Gasteiger partial charge on any atom is -0.321 e. The highest BCUT2D eigenvalue weighted by Gasteiger charge is 2.50. The lowest BCUT2D eigenvalue weighted by Gasteiger charge is -2.47. The number of fused-ring (bicyclic) bond motifs is 4. The molecule has 0 saturated carbocycles. The molecular weight excluding hydrogens is 256 g/mol. The van der Waals surface area contributed by atoms with Gasteiger partial charge in [-0.15, -0.1) is 0 Å². The first-order valence-corrected chi connectivity index (χ1v) is 9.83. The molecule has 0 aromatic carbocycles. The third-order valence-corrected chi connectivity index (χ3v) is 8.43. The van der Waals surface area contributed by atoms with Gasteiger partial charge in [-0.25, -0.2) is 0 Å². The van der Waals surface area contributed by atoms with Crippen LogP contribution >= 0.6 is 0 Å². The fourth-order valence-electron chi connectivity index (χ4n) is 6.96. The van der Waals surface area contributed by atoms with E-state index in [1.807, 2.05) is 0 Å². The van der Waals surface area contributed by atoms with E-state index in [1.165, 1.54) is 92.7 Å². The van der Waals surface area contributed by atoms with E-state index in [9.17, 15) is 0 Å². The van der Waals surface area contributed by atoms with Gasteiger partial charge in [-0.2, -0.15) is 0 Å². The Labute approximate surface area is 131 Å². The fraction of sp³-hybridized carbons (Fsp3) is 1.00. The van der Waals surface area contributed by atoms with Crippen molar-refractivity contribution in [2.45, 2.75) is 94.8 Å². The zero-order valence-corrected chi connectivity index (χ0v) is 14.4. The van der Waals surface area contributed by atoms with Gasteiger partial charge >= 0.3 is 0 Å². The molecule has 4 saturated heterocycles. The van der Waals surface area contributed by atoms with Crippen molar-refractivity contribution in [3.63, 3.8) is 0 Å². The summed E-state index contributed by atoms with van der Waals surface area (Å²) in [7, 11) is 5.21. The number of hydrogen-bond acceptors (Lipinski definition) is 0. The van der Waals surface area contributed by atoms with Gasteiger partial charge in [0.25, 0.3) is 0 Å². The Morgan fingerprint density at radius 2 is 0.905 bits per heavy atom. The molecule has 4 fully saturated rings. The summed E-state index contributed by atoms with van der Waals surface area (Å²) in [6.07, 6.45) is 16.7. The van der Waals surface area contributed by atoms with E-state index in [2.05, 4.69) is 14.1 Å². The lowest BCUT2D eigenvalue weighted by molar-refractivity contribution is -0.965. The number of hydrogen-bond donors (Lipinski definition) is 0. The van der Waals surface area contributed by atoms with Crippen molar-refractivity contribution in [3.05, 3.63) is 0 Å². The predicted octanol–water partition coefficient (Wildman–Crippen LogP) is 3.70. The molecule has 4 aliphatic heterocycles. The maximum atomic E-state index is 2.60. The average Bonchev–Trinajstić information content (AvgIpc) is 2.81. The maximum absolute atomic E-state index is 2.60. The third kappa shape index (κ3) is 2.20. The molecule has 0 aliphatic carbocycles. The van der Waals surface area contributed by atoms with Gasteiger partial charge < -0.3 is 8.97 Å². The van der Waals surface area contributed by atoms with Crippen LogP contribution in [0.2, 0.25) is 0 Å². The van der Waals surface area contributed by atoms with Gasteiger partial charge in [0.2, 0.25) is 0 Å². The Hall–Kier alpha value is -0.0800. The van der Waals surface area contributed by atoms with Crippen LogP contribution in [0.5, 0.6) is 0 Å². The minimum absolute atomic E-state index is 1.02. The van der Waals surface area contributed by atoms with Crippen molar-refractivity contribution in [1.29, 1.82) is 0 Å². The van der Waals surface area contributed by atoms with Crippen LogP contribution in [-0.4, -0.2) is 60.3 Å². The van der Waals surface area contributed by atoms with Crippen LogP contribution in [0, 0.1) is 0 Å². The summed E-state index contributed by atoms with van der Waals surface area (Å²) in [5.74, 6) is 0. The summed E-state index contributed by atoms with van der Waals surface area (Å²) >= 11 is 0. The standard InChI is InChI=1S/C19H36N2/c1-20(16-6-3-7-17(20)11-10-16)14-5-15-21(2)18-8-4-9-19(21)13-12-18/h16-19H,3-15H2,1-2H3/q+2/t16-,17+,18-,19+,20?,21?. The molecule has 4 aliphatic rings. The van der Waals surface area contributed by atoms with E-state index >= 15 is 0 Å². The van der Waals surface area contributed by atoms with Gasteiger partial charge in [-0.05, 0) is 38.5 Å². The lowest BCUT2D eigenvalue weighted by atomic mass is 9.97. The molecule has 2 heteroatoms. The Bertz CT molecular complexity index is 323. The van der Waals surface area contributed by atoms with Gasteiger partial charge in [0.15, 0.2) is 0 Å². The van der Waals surface area contributed by atoms with Gasteiger partial charge in [0.05, 0.1) is 51.4 Å². The van der Waals surface area contributed by atoms with Crippen molar-refractivity contribution < 1.29 is 8.97 Å². The second-order valence-corrected chi connectivity index (χ2v) is 9.13. The Kier molecular flexibility index (Phi) is 3.61. The lowest BCUT2D eigenvalue weighted by Crippen LogP contribution is -2.59. The van der Waals surface area contributed by atoms with E-state index in [-0.39, 0.29) is 0 Å². The number of rotatable bonds is 4. The SMILES string of the molecule is C[N+]1(CCC[N+]2(C)[C@@H]3CCC[C@H]2CC3)[C@@H]2CCC[C@H]1CC2. The first-order valence-electron chi connectivity index (χ1n) is 9.83. The third-order valence-electron chi connectivity index (χ3n) is 8.43. The molecule has 120 valence electrons. The summed E-state index contributed by atoms with van der Waals surface area (Å²) < 4.78 is 2.91. The normalized spacial score (nSPS) is 52.3. The van der Waals surface area contributed by atoms with Crippen molar-refractivity contribution in [2.75, 3.05) is 27.2 Å². The first-order chi connectivity index (χ1) is 10.1. The zero-order valence-electron chi connectivity index (χ0n) is 14.4. The average molecular weight is 293 g/mol. The highest BCUT2D eigenvalue weighted by atomic mass is 15.4. The van der Waals surface area contributed by atoms with Crippen LogP contribution in [0.1, 0.15) is 70.6 Å². The molecule has 4 rings (SSSR count). The second kappa shape index (κ2) is 5.23. The predicted molar refractivity (Wildman–Crippen MR) is 88.0 cm³/mol. The summed E-state index contributed by atoms with van der Waals surface area (Å²) in [6, 6.07) is 4.08. The first kappa shape index (κ1) is 14.5. The Morgan fingerprint density at radius 1 is 0.571 bits per heavy atom. The van der Waals surface area contributed by atoms with Gasteiger partial charge in [-0.3, -0.25) is 0 Å². The number of piperidine rings is 2. The van der Waals surface area contributed by atoms with E-state index in [1.54, 1.807) is 0 Å². The molecule has 0 N–H and O–H groups in total. The van der Waals surface area contributed by atoms with Crippen molar-refractivity contribution in [2.24, 2.45) is 0 Å². The molecule has 0 amide bonds. The minimum atomic E-state index is 1.02. The largest absolute Gasteiger partial charge is 0.321 e. The zero-order chi connectivity index (χ0) is 14.5. The van der Waals surface area contributed by atoms with Crippen LogP contribution in [-0.2, 0) is 0 Å². The van der Waals surface area contributed by atoms with E-state index in [0.29, 0.717) is 0 Å². The van der Waals surface area contributed by atoms with Crippen LogP contribution in [0.15, 0.2) is 0 Å². The Morgan fingerprint density at radius 3 is 1.24 bits per heavy atom. The molecule has 4 bridgehead atoms. The van der Waals surface area contributed by atoms with Crippen LogP contribution < -0.4 is 0 Å². The highest BCUT2D eigenvalue weighted by Crippen LogP contribution is 2.43. The monoisotopic (exact) mass is 292 g/mol. The summed E-state index contributed by atoms with van der Waals surface area (Å²) in [6.45, 7) is 2.95. The van der Waals surface area contributed by atoms with Crippen LogP contribution in [0.4, 0.5) is 0 Å².